The number of ether oxygens (including phenoxy) is 1. The standard InChI is InChI=1S/C15H15NO5/c1-3-20-15(19)16-12-5-4-10-9(2)8-13(18)21-14(10)11(12)6-7-17/h4-5,7-8H,3,6H2,1-2H3,(H,16,19). The van der Waals surface area contributed by atoms with Gasteiger partial charge in [0.15, 0.2) is 0 Å². The highest BCUT2D eigenvalue weighted by molar-refractivity contribution is 5.94. The van der Waals surface area contributed by atoms with Gasteiger partial charge in [-0.15, -0.1) is 0 Å². The number of carbonyl (C=O) groups is 2. The van der Waals surface area contributed by atoms with Crippen LogP contribution in [-0.4, -0.2) is 19.0 Å². The summed E-state index contributed by atoms with van der Waals surface area (Å²) < 4.78 is 10.0. The number of carbonyl (C=O) groups excluding carboxylic acids is 2. The third-order valence-electron chi connectivity index (χ3n) is 3.02. The summed E-state index contributed by atoms with van der Waals surface area (Å²) in [6.45, 7) is 3.70. The number of anilines is 1. The molecule has 0 aliphatic heterocycles. The number of aldehydes is 1. The minimum atomic E-state index is -0.626. The monoisotopic (exact) mass is 289 g/mol. The molecule has 1 heterocycles. The second-order valence-corrected chi connectivity index (χ2v) is 4.43. The number of hydrogen-bond acceptors (Lipinski definition) is 5. The van der Waals surface area contributed by atoms with Crippen molar-refractivity contribution in [2.45, 2.75) is 20.3 Å². The molecule has 0 aliphatic rings. The topological polar surface area (TPSA) is 85.6 Å². The fraction of sp³-hybridized carbons (Fsp3) is 0.267. The van der Waals surface area contributed by atoms with Crippen LogP contribution in [0.5, 0.6) is 0 Å². The minimum absolute atomic E-state index is 0.0193. The molecule has 1 aromatic heterocycles. The second-order valence-electron chi connectivity index (χ2n) is 4.43. The molecule has 2 aromatic rings. The largest absolute Gasteiger partial charge is 0.450 e. The quantitative estimate of drug-likeness (QED) is 0.690. The van der Waals surface area contributed by atoms with Gasteiger partial charge in [0.05, 0.1) is 12.3 Å². The predicted octanol–water partition coefficient (Wildman–Crippen LogP) is 2.41. The fourth-order valence-electron chi connectivity index (χ4n) is 2.12. The van der Waals surface area contributed by atoms with Crippen LogP contribution in [0.2, 0.25) is 0 Å². The van der Waals surface area contributed by atoms with E-state index in [4.69, 9.17) is 9.15 Å². The summed E-state index contributed by atoms with van der Waals surface area (Å²) in [5.74, 6) is 0. The molecule has 6 heteroatoms. The lowest BCUT2D eigenvalue weighted by atomic mass is 10.0. The maximum Gasteiger partial charge on any atom is 0.411 e. The van der Waals surface area contributed by atoms with Crippen LogP contribution in [0.1, 0.15) is 18.1 Å². The van der Waals surface area contributed by atoms with E-state index in [1.165, 1.54) is 6.07 Å². The molecule has 1 N–H and O–H groups in total. The molecule has 1 aromatic carbocycles. The molecule has 0 bridgehead atoms. The average molecular weight is 289 g/mol. The Morgan fingerprint density at radius 1 is 1.43 bits per heavy atom. The molecule has 0 aliphatic carbocycles. The van der Waals surface area contributed by atoms with Gasteiger partial charge < -0.3 is 13.9 Å². The number of nitrogens with one attached hydrogen (secondary N) is 1. The van der Waals surface area contributed by atoms with Crippen molar-refractivity contribution in [3.63, 3.8) is 0 Å². The molecule has 0 saturated carbocycles. The van der Waals surface area contributed by atoms with Gasteiger partial charge in [0.25, 0.3) is 0 Å². The molecule has 0 radical (unpaired) electrons. The number of fused-ring (bicyclic) bond motifs is 1. The molecule has 6 nitrogen and oxygen atoms in total. The lowest BCUT2D eigenvalue weighted by Crippen LogP contribution is -2.15. The number of aryl methyl sites for hydroxylation is 1. The van der Waals surface area contributed by atoms with Crippen LogP contribution in [-0.2, 0) is 16.0 Å². The van der Waals surface area contributed by atoms with E-state index in [2.05, 4.69) is 5.32 Å². The van der Waals surface area contributed by atoms with Crippen molar-refractivity contribution in [1.29, 1.82) is 0 Å². The zero-order chi connectivity index (χ0) is 15.4. The highest BCUT2D eigenvalue weighted by Gasteiger charge is 2.14. The van der Waals surface area contributed by atoms with Crippen molar-refractivity contribution < 1.29 is 18.7 Å². The molecule has 0 fully saturated rings. The Morgan fingerprint density at radius 2 is 2.19 bits per heavy atom. The number of rotatable bonds is 4. The highest BCUT2D eigenvalue weighted by atomic mass is 16.5. The van der Waals surface area contributed by atoms with Crippen molar-refractivity contribution in [2.24, 2.45) is 0 Å². The van der Waals surface area contributed by atoms with Crippen molar-refractivity contribution >= 4 is 29.0 Å². The molecule has 2 rings (SSSR count). The van der Waals surface area contributed by atoms with Gasteiger partial charge >= 0.3 is 11.7 Å². The summed E-state index contributed by atoms with van der Waals surface area (Å²) >= 11 is 0. The molecule has 110 valence electrons. The molecule has 0 unspecified atom stereocenters. The summed E-state index contributed by atoms with van der Waals surface area (Å²) in [6, 6.07) is 4.76. The maximum atomic E-state index is 11.5. The smallest absolute Gasteiger partial charge is 0.411 e. The number of benzene rings is 1. The second kappa shape index (κ2) is 6.21. The van der Waals surface area contributed by atoms with Crippen molar-refractivity contribution in [2.75, 3.05) is 11.9 Å². The summed E-state index contributed by atoms with van der Waals surface area (Å²) in [5, 5.41) is 3.27. The third kappa shape index (κ3) is 3.10. The van der Waals surface area contributed by atoms with Crippen LogP contribution in [0.3, 0.4) is 0 Å². The SMILES string of the molecule is CCOC(=O)Nc1ccc2c(C)cc(=O)oc2c1CC=O. The van der Waals surface area contributed by atoms with Gasteiger partial charge in [-0.2, -0.15) is 0 Å². The van der Waals surface area contributed by atoms with E-state index in [0.717, 1.165) is 10.9 Å². The Labute approximate surface area is 120 Å². The van der Waals surface area contributed by atoms with Gasteiger partial charge in [-0.05, 0) is 31.5 Å². The number of amides is 1. The lowest BCUT2D eigenvalue weighted by molar-refractivity contribution is -0.107. The summed E-state index contributed by atoms with van der Waals surface area (Å²) in [5.41, 5.74) is 1.40. The van der Waals surface area contributed by atoms with Gasteiger partial charge in [-0.25, -0.2) is 9.59 Å². The summed E-state index contributed by atoms with van der Waals surface area (Å²) in [4.78, 5) is 33.9. The fourth-order valence-corrected chi connectivity index (χ4v) is 2.12. The van der Waals surface area contributed by atoms with E-state index in [1.54, 1.807) is 26.0 Å². The van der Waals surface area contributed by atoms with E-state index in [-0.39, 0.29) is 13.0 Å². The maximum absolute atomic E-state index is 11.5. The van der Waals surface area contributed by atoms with Crippen LogP contribution in [0.15, 0.2) is 27.4 Å². The van der Waals surface area contributed by atoms with Crippen molar-refractivity contribution in [3.05, 3.63) is 39.7 Å². The van der Waals surface area contributed by atoms with E-state index in [1.807, 2.05) is 0 Å². The first-order valence-corrected chi connectivity index (χ1v) is 6.50. The van der Waals surface area contributed by atoms with Crippen molar-refractivity contribution in [3.8, 4) is 0 Å². The molecule has 0 spiro atoms. The van der Waals surface area contributed by atoms with Crippen LogP contribution >= 0.6 is 0 Å². The Hall–Kier alpha value is -2.63. The Morgan fingerprint density at radius 3 is 2.86 bits per heavy atom. The molecular formula is C15H15NO5. The van der Waals surface area contributed by atoms with Gasteiger partial charge in [0.1, 0.15) is 11.9 Å². The zero-order valence-corrected chi connectivity index (χ0v) is 11.8. The minimum Gasteiger partial charge on any atom is -0.450 e. The molecule has 21 heavy (non-hydrogen) atoms. The van der Waals surface area contributed by atoms with Crippen LogP contribution in [0.25, 0.3) is 11.0 Å². The first kappa shape index (κ1) is 14.8. The predicted molar refractivity (Wildman–Crippen MR) is 77.6 cm³/mol. The van der Waals surface area contributed by atoms with Crippen LogP contribution < -0.4 is 10.9 Å². The van der Waals surface area contributed by atoms with Gasteiger partial charge in [0.2, 0.25) is 0 Å². The normalized spacial score (nSPS) is 10.4. The Bertz CT molecular complexity index is 748. The van der Waals surface area contributed by atoms with Gasteiger partial charge in [-0.1, -0.05) is 0 Å². The molecule has 0 atom stereocenters. The molecule has 1 amide bonds. The average Bonchev–Trinajstić information content (AvgIpc) is 2.41. The first-order chi connectivity index (χ1) is 10.1. The van der Waals surface area contributed by atoms with Crippen molar-refractivity contribution in [1.82, 2.24) is 0 Å². The van der Waals surface area contributed by atoms with E-state index in [0.29, 0.717) is 23.1 Å². The summed E-state index contributed by atoms with van der Waals surface area (Å²) in [6.07, 6.45) is 0.0813. The summed E-state index contributed by atoms with van der Waals surface area (Å²) in [7, 11) is 0. The van der Waals surface area contributed by atoms with Crippen LogP contribution in [0, 0.1) is 6.92 Å². The zero-order valence-electron chi connectivity index (χ0n) is 11.8. The molecule has 0 saturated heterocycles. The Kier molecular flexibility index (Phi) is 4.37. The number of hydrogen-bond donors (Lipinski definition) is 1. The highest BCUT2D eigenvalue weighted by Crippen LogP contribution is 2.27. The first-order valence-electron chi connectivity index (χ1n) is 6.50. The van der Waals surface area contributed by atoms with E-state index in [9.17, 15) is 14.4 Å². The molecular weight excluding hydrogens is 274 g/mol. The van der Waals surface area contributed by atoms with Gasteiger partial charge in [-0.3, -0.25) is 5.32 Å². The Balaban J connectivity index is 2.61. The van der Waals surface area contributed by atoms with Gasteiger partial charge in [0, 0.05) is 23.4 Å². The van der Waals surface area contributed by atoms with Crippen LogP contribution in [0.4, 0.5) is 10.5 Å². The lowest BCUT2D eigenvalue weighted by Gasteiger charge is -2.12. The third-order valence-corrected chi connectivity index (χ3v) is 3.02. The van der Waals surface area contributed by atoms with E-state index < -0.39 is 11.7 Å². The van der Waals surface area contributed by atoms with E-state index >= 15 is 0 Å².